The highest BCUT2D eigenvalue weighted by Gasteiger charge is 2.36. The molecule has 0 fully saturated rings. The van der Waals surface area contributed by atoms with E-state index in [-0.39, 0.29) is 119 Å². The Labute approximate surface area is 628 Å². The first-order valence-electron chi connectivity index (χ1n) is 34.5. The molecule has 0 saturated carbocycles. The van der Waals surface area contributed by atoms with E-state index in [1.165, 1.54) is 68.0 Å². The predicted octanol–water partition coefficient (Wildman–Crippen LogP) is 18.3. The van der Waals surface area contributed by atoms with Crippen molar-refractivity contribution in [3.63, 3.8) is 0 Å². The zero-order valence-corrected chi connectivity index (χ0v) is 64.2. The number of aryl methyl sites for hydroxylation is 1. The summed E-state index contributed by atoms with van der Waals surface area (Å²) in [5.74, 6) is -3.31. The number of benzene rings is 10. The summed E-state index contributed by atoms with van der Waals surface area (Å²) in [4.78, 5) is 87.7. The molecule has 558 valence electrons. The normalized spacial score (nSPS) is 11.0. The number of esters is 6. The molecule has 0 atom stereocenters. The lowest BCUT2D eigenvalue weighted by atomic mass is 9.95. The summed E-state index contributed by atoms with van der Waals surface area (Å²) < 4.78 is 85.1. The summed E-state index contributed by atoms with van der Waals surface area (Å²) in [6, 6.07) is 43.4. The van der Waals surface area contributed by atoms with Gasteiger partial charge in [-0.1, -0.05) is 121 Å². The molecule has 108 heavy (non-hydrogen) atoms. The van der Waals surface area contributed by atoms with Crippen molar-refractivity contribution in [1.82, 2.24) is 0 Å². The molecule has 0 N–H and O–H groups in total. The second-order valence-corrected chi connectivity index (χ2v) is 25.8. The van der Waals surface area contributed by atoms with Crippen molar-refractivity contribution in [2.24, 2.45) is 0 Å². The van der Waals surface area contributed by atoms with Gasteiger partial charge in [0.1, 0.15) is 96.6 Å². The zero-order valence-electron chi connectivity index (χ0n) is 64.2. The van der Waals surface area contributed by atoms with Gasteiger partial charge in [0.25, 0.3) is 0 Å². The number of rotatable bonds is 25. The van der Waals surface area contributed by atoms with Crippen LogP contribution in [-0.4, -0.2) is 85.6 Å². The van der Waals surface area contributed by atoms with Gasteiger partial charge in [-0.05, 0) is 174 Å². The Kier molecular flexibility index (Phi) is 24.0. The van der Waals surface area contributed by atoms with Gasteiger partial charge in [-0.2, -0.15) is 0 Å². The Morgan fingerprint density at radius 3 is 0.833 bits per heavy atom. The van der Waals surface area contributed by atoms with Crippen molar-refractivity contribution in [1.29, 1.82) is 0 Å². The molecule has 10 rings (SSSR count). The smallest absolute Gasteiger partial charge is 0.347 e. The monoisotopic (exact) mass is 1460 g/mol. The standard InChI is InChI=1S/C88H86O20/c1-45-41-62(42-64(72(45)97-16)84(90)104-74-51(7)47(3)69(78(99-18)55(74)11)86(92)106-76-53(9)49(5)71(80(101-20)57(76)13)88(94)108-82(60-37-29-23-30-38-60)61-39-31-24-32-40-61)102-67-43-63(65(95-14)44-66(67)96-15)83(89)103-73-50(6)46(2)68(77(98-17)54(73)10)85(91)105-75-52(8)48(4)70(79(100-19)56(75)12)87(93)107-81(58-33-25-21-26-34-58)59-35-27-22-28-36-59/h21-44,81-82H,1-20H3. The molecule has 0 unspecified atom stereocenters. The van der Waals surface area contributed by atoms with E-state index in [0.717, 1.165) is 22.3 Å². The maximum atomic E-state index is 14.8. The molecule has 0 amide bonds. The molecular formula is C88H86O20. The van der Waals surface area contributed by atoms with Crippen LogP contribution in [0.15, 0.2) is 146 Å². The van der Waals surface area contributed by atoms with Crippen LogP contribution in [0.2, 0.25) is 0 Å². The van der Waals surface area contributed by atoms with Gasteiger partial charge < -0.3 is 66.3 Å². The van der Waals surface area contributed by atoms with Crippen LogP contribution in [-0.2, 0) is 9.47 Å². The lowest BCUT2D eigenvalue weighted by Gasteiger charge is -2.24. The van der Waals surface area contributed by atoms with Gasteiger partial charge in [0.15, 0.2) is 23.7 Å². The maximum Gasteiger partial charge on any atom is 0.347 e. The summed E-state index contributed by atoms with van der Waals surface area (Å²) in [5, 5.41) is 0. The van der Waals surface area contributed by atoms with Gasteiger partial charge in [-0.25, -0.2) is 28.8 Å². The van der Waals surface area contributed by atoms with Crippen LogP contribution in [0, 0.1) is 90.0 Å². The Hall–Kier alpha value is -12.6. The fourth-order valence-electron chi connectivity index (χ4n) is 13.6. The van der Waals surface area contributed by atoms with Crippen LogP contribution in [0.1, 0.15) is 169 Å². The Morgan fingerprint density at radius 2 is 0.537 bits per heavy atom. The van der Waals surface area contributed by atoms with Crippen LogP contribution in [0.4, 0.5) is 0 Å². The van der Waals surface area contributed by atoms with Crippen LogP contribution in [0.5, 0.6) is 74.7 Å². The van der Waals surface area contributed by atoms with Crippen LogP contribution in [0.25, 0.3) is 0 Å². The predicted molar refractivity (Wildman–Crippen MR) is 406 cm³/mol. The van der Waals surface area contributed by atoms with Crippen LogP contribution < -0.4 is 56.8 Å². The minimum absolute atomic E-state index is 0.00292. The number of hydrogen-bond acceptors (Lipinski definition) is 20. The summed E-state index contributed by atoms with van der Waals surface area (Å²) in [6.45, 7) is 22.0. The number of hydrogen-bond donors (Lipinski definition) is 0. The van der Waals surface area contributed by atoms with E-state index in [1.54, 1.807) is 96.1 Å². The summed E-state index contributed by atoms with van der Waals surface area (Å²) >= 11 is 0. The summed E-state index contributed by atoms with van der Waals surface area (Å²) in [6.07, 6.45) is -1.48. The molecule has 0 heterocycles. The molecule has 10 aromatic rings. The van der Waals surface area contributed by atoms with E-state index in [9.17, 15) is 28.8 Å². The molecule has 20 heteroatoms. The number of carbonyl (C=O) groups excluding carboxylic acids is 6. The van der Waals surface area contributed by atoms with Crippen molar-refractivity contribution in [2.75, 3.05) is 49.8 Å². The third-order valence-electron chi connectivity index (χ3n) is 19.6. The number of carbonyl (C=O) groups is 6. The van der Waals surface area contributed by atoms with Gasteiger partial charge in [-0.3, -0.25) is 0 Å². The summed E-state index contributed by atoms with van der Waals surface area (Å²) in [7, 11) is 9.77. The first kappa shape index (κ1) is 78.0. The first-order valence-corrected chi connectivity index (χ1v) is 34.5. The van der Waals surface area contributed by atoms with E-state index < -0.39 is 48.0 Å². The Morgan fingerprint density at radius 1 is 0.250 bits per heavy atom. The second kappa shape index (κ2) is 33.3. The Balaban J connectivity index is 0.893. The highest BCUT2D eigenvalue weighted by Crippen LogP contribution is 2.48. The second-order valence-electron chi connectivity index (χ2n) is 25.8. The van der Waals surface area contributed by atoms with E-state index in [0.29, 0.717) is 61.2 Å². The van der Waals surface area contributed by atoms with E-state index >= 15 is 0 Å². The molecule has 0 bridgehead atoms. The van der Waals surface area contributed by atoms with Crippen molar-refractivity contribution in [3.05, 3.63) is 274 Å². The van der Waals surface area contributed by atoms with Gasteiger partial charge >= 0.3 is 35.8 Å². The van der Waals surface area contributed by atoms with Gasteiger partial charge in [0, 0.05) is 34.4 Å². The Bertz CT molecular complexity index is 5080. The number of methoxy groups -OCH3 is 7. The lowest BCUT2D eigenvalue weighted by molar-refractivity contribution is 0.0364. The van der Waals surface area contributed by atoms with E-state index in [2.05, 4.69) is 0 Å². The molecule has 0 aromatic heterocycles. The maximum absolute atomic E-state index is 14.8. The SMILES string of the molecule is COc1cc(OC)c(C(=O)Oc2c(C)c(C)c(C(=O)Oc3c(C)c(C)c(C(=O)OC(c4ccccc4)c4ccccc4)c(OC)c3C)c(OC)c2C)cc1Oc1cc(C)c(OC)c(C(=O)Oc2c(C)c(C)c(C(=O)Oc3c(C)c(C)c(C(=O)OC(c4ccccc4)c4ccccc4)c(OC)c3C)c(OC)c2C)c1. The van der Waals surface area contributed by atoms with Crippen molar-refractivity contribution in [2.45, 2.75) is 102 Å². The zero-order chi connectivity index (χ0) is 78.3. The molecule has 20 nitrogen and oxygen atoms in total. The van der Waals surface area contributed by atoms with Crippen molar-refractivity contribution >= 4 is 35.8 Å². The van der Waals surface area contributed by atoms with Crippen LogP contribution >= 0.6 is 0 Å². The fourth-order valence-corrected chi connectivity index (χ4v) is 13.6. The van der Waals surface area contributed by atoms with Crippen LogP contribution in [0.3, 0.4) is 0 Å². The highest BCUT2D eigenvalue weighted by molar-refractivity contribution is 6.03. The molecule has 0 saturated heterocycles. The average Bonchev–Trinajstić information content (AvgIpc) is 0.769. The molecule has 0 radical (unpaired) electrons. The highest BCUT2D eigenvalue weighted by atomic mass is 16.6. The molecular weight excluding hydrogens is 1380 g/mol. The van der Waals surface area contributed by atoms with E-state index in [4.69, 9.17) is 66.3 Å². The topological polar surface area (TPSA) is 232 Å². The van der Waals surface area contributed by atoms with Gasteiger partial charge in [0.2, 0.25) is 0 Å². The average molecular weight is 1460 g/mol. The fraction of sp³-hybridized carbons (Fsp3) is 0.250. The molecule has 10 aromatic carbocycles. The minimum Gasteiger partial charge on any atom is -0.496 e. The molecule has 0 aliphatic heterocycles. The molecule has 0 aliphatic rings. The van der Waals surface area contributed by atoms with Gasteiger partial charge in [-0.15, -0.1) is 0 Å². The first-order chi connectivity index (χ1) is 51.7. The third-order valence-corrected chi connectivity index (χ3v) is 19.6. The van der Waals surface area contributed by atoms with E-state index in [1.807, 2.05) is 121 Å². The molecule has 0 spiro atoms. The quantitative estimate of drug-likeness (QED) is 0.0382. The molecule has 0 aliphatic carbocycles. The van der Waals surface area contributed by atoms with Crippen molar-refractivity contribution < 1.29 is 95.1 Å². The number of ether oxygens (including phenoxy) is 14. The van der Waals surface area contributed by atoms with Gasteiger partial charge in [0.05, 0.1) is 49.8 Å². The minimum atomic E-state index is -0.898. The van der Waals surface area contributed by atoms with Crippen molar-refractivity contribution in [3.8, 4) is 74.7 Å². The largest absolute Gasteiger partial charge is 0.496 e. The third kappa shape index (κ3) is 15.2. The lowest BCUT2D eigenvalue weighted by Crippen LogP contribution is -2.19. The summed E-state index contributed by atoms with van der Waals surface area (Å²) in [5.41, 5.74) is 8.53.